The summed E-state index contributed by atoms with van der Waals surface area (Å²) < 4.78 is 0. The standard InChI is InChI=1S/C15H20N2O2/c18-17(19)15-8-4-12-3-6-14(7-5-13(12)11-15)16-9-1-2-10-16/h4,8,11,14H,1-3,5-7,9-10H2. The van der Waals surface area contributed by atoms with Crippen molar-refractivity contribution < 1.29 is 4.92 Å². The molecule has 4 nitrogen and oxygen atoms in total. The number of likely N-dealkylation sites (tertiary alicyclic amines) is 1. The number of hydrogen-bond acceptors (Lipinski definition) is 3. The van der Waals surface area contributed by atoms with Gasteiger partial charge in [-0.25, -0.2) is 0 Å². The molecule has 19 heavy (non-hydrogen) atoms. The van der Waals surface area contributed by atoms with Crippen LogP contribution in [-0.4, -0.2) is 29.0 Å². The second-order valence-electron chi connectivity index (χ2n) is 5.68. The van der Waals surface area contributed by atoms with Gasteiger partial charge in [0.15, 0.2) is 0 Å². The lowest BCUT2D eigenvalue weighted by atomic mass is 10.0. The zero-order valence-corrected chi connectivity index (χ0v) is 11.2. The zero-order valence-electron chi connectivity index (χ0n) is 11.2. The molecule has 0 aromatic heterocycles. The van der Waals surface area contributed by atoms with Crippen LogP contribution < -0.4 is 0 Å². The fourth-order valence-electron chi connectivity index (χ4n) is 3.46. The van der Waals surface area contributed by atoms with E-state index in [1.807, 2.05) is 6.07 Å². The van der Waals surface area contributed by atoms with Crippen LogP contribution in [0.15, 0.2) is 18.2 Å². The lowest BCUT2D eigenvalue weighted by Gasteiger charge is -2.25. The summed E-state index contributed by atoms with van der Waals surface area (Å²) in [5, 5.41) is 10.8. The minimum Gasteiger partial charge on any atom is -0.300 e. The minimum absolute atomic E-state index is 0.235. The highest BCUT2D eigenvalue weighted by molar-refractivity contribution is 5.40. The maximum absolute atomic E-state index is 10.8. The van der Waals surface area contributed by atoms with Gasteiger partial charge in [0.1, 0.15) is 0 Å². The number of non-ortho nitro benzene ring substituents is 1. The zero-order chi connectivity index (χ0) is 13.2. The molecule has 1 atom stereocenters. The van der Waals surface area contributed by atoms with Crippen molar-refractivity contribution in [3.8, 4) is 0 Å². The molecule has 0 N–H and O–H groups in total. The Morgan fingerprint density at radius 3 is 2.47 bits per heavy atom. The van der Waals surface area contributed by atoms with Gasteiger partial charge in [0.25, 0.3) is 5.69 Å². The van der Waals surface area contributed by atoms with E-state index in [1.165, 1.54) is 43.5 Å². The first-order valence-electron chi connectivity index (χ1n) is 7.24. The molecule has 1 aliphatic carbocycles. The molecule has 3 rings (SSSR count). The quantitative estimate of drug-likeness (QED) is 0.466. The number of nitro benzene ring substituents is 1. The van der Waals surface area contributed by atoms with Crippen molar-refractivity contribution in [2.75, 3.05) is 13.1 Å². The minimum atomic E-state index is -0.289. The highest BCUT2D eigenvalue weighted by atomic mass is 16.6. The Labute approximate surface area is 113 Å². The number of nitrogens with zero attached hydrogens (tertiary/aromatic N) is 2. The second-order valence-corrected chi connectivity index (χ2v) is 5.68. The molecule has 0 radical (unpaired) electrons. The molecule has 4 heteroatoms. The summed E-state index contributed by atoms with van der Waals surface area (Å²) in [5.74, 6) is 0. The second kappa shape index (κ2) is 5.29. The Hall–Kier alpha value is -1.42. The normalized spacial score (nSPS) is 23.9. The van der Waals surface area contributed by atoms with Crippen LogP contribution in [0.3, 0.4) is 0 Å². The van der Waals surface area contributed by atoms with Crippen LogP contribution in [0.4, 0.5) is 5.69 Å². The SMILES string of the molecule is O=[N+]([O-])c1ccc2c(c1)CCC(N1CCCC1)CC2. The van der Waals surface area contributed by atoms with Crippen molar-refractivity contribution in [3.63, 3.8) is 0 Å². The van der Waals surface area contributed by atoms with Crippen molar-refractivity contribution in [2.24, 2.45) is 0 Å². The Morgan fingerprint density at radius 1 is 1.11 bits per heavy atom. The molecule has 0 spiro atoms. The van der Waals surface area contributed by atoms with E-state index in [-0.39, 0.29) is 10.6 Å². The first kappa shape index (κ1) is 12.6. The molecule has 2 aliphatic rings. The monoisotopic (exact) mass is 260 g/mol. The maximum atomic E-state index is 10.8. The summed E-state index contributed by atoms with van der Waals surface area (Å²) >= 11 is 0. The Balaban J connectivity index is 1.76. The van der Waals surface area contributed by atoms with Gasteiger partial charge in [-0.2, -0.15) is 0 Å². The third-order valence-corrected chi connectivity index (χ3v) is 4.55. The van der Waals surface area contributed by atoms with E-state index < -0.39 is 0 Å². The topological polar surface area (TPSA) is 46.4 Å². The lowest BCUT2D eigenvalue weighted by molar-refractivity contribution is -0.384. The summed E-state index contributed by atoms with van der Waals surface area (Å²) in [6.45, 7) is 2.47. The Kier molecular flexibility index (Phi) is 3.51. The molecule has 0 bridgehead atoms. The van der Waals surface area contributed by atoms with Gasteiger partial charge >= 0.3 is 0 Å². The van der Waals surface area contributed by atoms with Crippen LogP contribution >= 0.6 is 0 Å². The van der Waals surface area contributed by atoms with E-state index in [4.69, 9.17) is 0 Å². The van der Waals surface area contributed by atoms with Gasteiger partial charge in [0.2, 0.25) is 0 Å². The molecular weight excluding hydrogens is 240 g/mol. The molecule has 0 amide bonds. The van der Waals surface area contributed by atoms with Gasteiger partial charge in [-0.3, -0.25) is 10.1 Å². The molecule has 1 fully saturated rings. The van der Waals surface area contributed by atoms with Crippen LogP contribution in [0.1, 0.15) is 36.8 Å². The van der Waals surface area contributed by atoms with Crippen LogP contribution in [0.25, 0.3) is 0 Å². The number of aryl methyl sites for hydroxylation is 2. The fraction of sp³-hybridized carbons (Fsp3) is 0.600. The summed E-state index contributed by atoms with van der Waals surface area (Å²) in [6, 6.07) is 6.06. The van der Waals surface area contributed by atoms with Gasteiger partial charge in [-0.1, -0.05) is 6.07 Å². The molecule has 1 saturated heterocycles. The van der Waals surface area contributed by atoms with Crippen molar-refractivity contribution in [3.05, 3.63) is 39.4 Å². The highest BCUT2D eigenvalue weighted by Gasteiger charge is 2.24. The average molecular weight is 260 g/mol. The van der Waals surface area contributed by atoms with Gasteiger partial charge in [-0.05, 0) is 62.7 Å². The van der Waals surface area contributed by atoms with Crippen molar-refractivity contribution in [2.45, 2.75) is 44.6 Å². The number of hydrogen-bond donors (Lipinski definition) is 0. The third-order valence-electron chi connectivity index (χ3n) is 4.55. The third kappa shape index (κ3) is 2.63. The molecular formula is C15H20N2O2. The van der Waals surface area contributed by atoms with Gasteiger partial charge in [-0.15, -0.1) is 0 Å². The molecule has 1 aromatic carbocycles. The van der Waals surface area contributed by atoms with Gasteiger partial charge < -0.3 is 4.90 Å². The Morgan fingerprint density at radius 2 is 1.79 bits per heavy atom. The van der Waals surface area contributed by atoms with Crippen LogP contribution in [-0.2, 0) is 12.8 Å². The van der Waals surface area contributed by atoms with Crippen molar-refractivity contribution in [1.82, 2.24) is 4.90 Å². The highest BCUT2D eigenvalue weighted by Crippen LogP contribution is 2.28. The first-order valence-corrected chi connectivity index (χ1v) is 7.24. The van der Waals surface area contributed by atoms with E-state index in [0.717, 1.165) is 19.3 Å². The van der Waals surface area contributed by atoms with Crippen LogP contribution in [0.2, 0.25) is 0 Å². The fourth-order valence-corrected chi connectivity index (χ4v) is 3.46. The number of benzene rings is 1. The van der Waals surface area contributed by atoms with E-state index in [0.29, 0.717) is 6.04 Å². The van der Waals surface area contributed by atoms with E-state index in [9.17, 15) is 10.1 Å². The van der Waals surface area contributed by atoms with E-state index in [2.05, 4.69) is 4.90 Å². The molecule has 1 aliphatic heterocycles. The summed E-state index contributed by atoms with van der Waals surface area (Å²) in [7, 11) is 0. The van der Waals surface area contributed by atoms with E-state index >= 15 is 0 Å². The lowest BCUT2D eigenvalue weighted by Crippen LogP contribution is -2.32. The van der Waals surface area contributed by atoms with Crippen LogP contribution in [0.5, 0.6) is 0 Å². The first-order chi connectivity index (χ1) is 9.24. The van der Waals surface area contributed by atoms with Crippen LogP contribution in [0, 0.1) is 10.1 Å². The van der Waals surface area contributed by atoms with Crippen molar-refractivity contribution >= 4 is 5.69 Å². The van der Waals surface area contributed by atoms with E-state index in [1.54, 1.807) is 12.1 Å². The molecule has 102 valence electrons. The molecule has 1 aromatic rings. The smallest absolute Gasteiger partial charge is 0.269 e. The number of nitro groups is 1. The summed E-state index contributed by atoms with van der Waals surface area (Å²) in [5.41, 5.74) is 2.74. The molecule has 1 heterocycles. The van der Waals surface area contributed by atoms with Crippen molar-refractivity contribution in [1.29, 1.82) is 0 Å². The molecule has 0 saturated carbocycles. The largest absolute Gasteiger partial charge is 0.300 e. The van der Waals surface area contributed by atoms with Gasteiger partial charge in [0, 0.05) is 18.2 Å². The Bertz CT molecular complexity index is 481. The summed E-state index contributed by atoms with van der Waals surface area (Å²) in [6.07, 6.45) is 7.05. The predicted octanol–water partition coefficient (Wildman–Crippen LogP) is 2.94. The summed E-state index contributed by atoms with van der Waals surface area (Å²) in [4.78, 5) is 13.2. The van der Waals surface area contributed by atoms with Gasteiger partial charge in [0.05, 0.1) is 4.92 Å². The average Bonchev–Trinajstić information content (AvgIpc) is 2.85. The maximum Gasteiger partial charge on any atom is 0.269 e. The number of rotatable bonds is 2. The predicted molar refractivity (Wildman–Crippen MR) is 74.3 cm³/mol. The number of fused-ring (bicyclic) bond motifs is 1. The molecule has 1 unspecified atom stereocenters.